The van der Waals surface area contributed by atoms with Crippen molar-refractivity contribution in [2.24, 2.45) is 0 Å². The molecule has 0 atom stereocenters. The molecule has 5 nitrogen and oxygen atoms in total. The number of hydrogen-bond acceptors (Lipinski definition) is 6. The van der Waals surface area contributed by atoms with E-state index in [1.54, 1.807) is 18.2 Å². The topological polar surface area (TPSA) is 70.1 Å². The van der Waals surface area contributed by atoms with Gasteiger partial charge in [0, 0.05) is 36.8 Å². The summed E-state index contributed by atoms with van der Waals surface area (Å²) in [7, 11) is 0. The molecule has 104 valence electrons. The minimum Gasteiger partial charge on any atom is -0.508 e. The van der Waals surface area contributed by atoms with Crippen LogP contribution in [0, 0.1) is 0 Å². The number of phenols is 1. The predicted octanol–water partition coefficient (Wildman–Crippen LogP) is 2.29. The molecule has 0 amide bonds. The molecule has 3 rings (SSSR count). The van der Waals surface area contributed by atoms with Crippen LogP contribution in [0.1, 0.15) is 11.3 Å². The van der Waals surface area contributed by atoms with Crippen molar-refractivity contribution in [3.63, 3.8) is 0 Å². The van der Waals surface area contributed by atoms with Gasteiger partial charge in [-0.05, 0) is 18.4 Å². The van der Waals surface area contributed by atoms with Crippen LogP contribution < -0.4 is 10.6 Å². The number of aromatic hydroxyl groups is 1. The number of rotatable bonds is 3. The molecule has 1 aliphatic heterocycles. The van der Waals surface area contributed by atoms with Crippen LogP contribution in [0.25, 0.3) is 0 Å². The largest absolute Gasteiger partial charge is 0.508 e. The zero-order valence-corrected chi connectivity index (χ0v) is 12.0. The zero-order chi connectivity index (χ0) is 13.9. The zero-order valence-electron chi connectivity index (χ0n) is 11.2. The van der Waals surface area contributed by atoms with Crippen molar-refractivity contribution in [2.75, 3.05) is 18.1 Å². The summed E-state index contributed by atoms with van der Waals surface area (Å²) in [5.41, 5.74) is 3.03. The highest BCUT2D eigenvalue weighted by Gasteiger charge is 2.17. The van der Waals surface area contributed by atoms with Crippen molar-refractivity contribution in [1.29, 1.82) is 0 Å². The summed E-state index contributed by atoms with van der Waals surface area (Å²) in [5, 5.41) is 16.9. The Kier molecular flexibility index (Phi) is 3.75. The third-order valence-corrected chi connectivity index (χ3v) is 3.75. The van der Waals surface area contributed by atoms with E-state index in [0.717, 1.165) is 47.4 Å². The maximum Gasteiger partial charge on any atom is 0.189 e. The minimum absolute atomic E-state index is 0.237. The van der Waals surface area contributed by atoms with Gasteiger partial charge in [-0.15, -0.1) is 0 Å². The van der Waals surface area contributed by atoms with Crippen molar-refractivity contribution in [3.8, 4) is 5.75 Å². The molecule has 3 N–H and O–H groups in total. The summed E-state index contributed by atoms with van der Waals surface area (Å²) in [5.74, 6) is 1.05. The van der Waals surface area contributed by atoms with Crippen LogP contribution in [0.5, 0.6) is 5.75 Å². The standard InChI is InChI=1S/C14H16N4OS/c1-20-14-17-12-5-6-15-8-11(12)13(18-14)16-9-3-2-4-10(19)7-9/h2-4,7,15,19H,5-6,8H2,1H3,(H,16,17,18). The molecule has 0 unspecified atom stereocenters. The summed E-state index contributed by atoms with van der Waals surface area (Å²) in [4.78, 5) is 9.12. The van der Waals surface area contributed by atoms with Gasteiger partial charge in [-0.25, -0.2) is 9.97 Å². The van der Waals surface area contributed by atoms with E-state index >= 15 is 0 Å². The molecule has 1 aliphatic rings. The summed E-state index contributed by atoms with van der Waals surface area (Å²) in [6, 6.07) is 7.04. The van der Waals surface area contributed by atoms with E-state index in [-0.39, 0.29) is 5.75 Å². The van der Waals surface area contributed by atoms with Gasteiger partial charge in [0.05, 0.1) is 5.69 Å². The van der Waals surface area contributed by atoms with E-state index in [9.17, 15) is 5.11 Å². The molecule has 1 aromatic heterocycles. The van der Waals surface area contributed by atoms with Crippen LogP contribution in [0.2, 0.25) is 0 Å². The summed E-state index contributed by atoms with van der Waals surface area (Å²) >= 11 is 1.54. The van der Waals surface area contributed by atoms with Crippen molar-refractivity contribution in [2.45, 2.75) is 18.1 Å². The van der Waals surface area contributed by atoms with Gasteiger partial charge in [0.1, 0.15) is 11.6 Å². The molecule has 20 heavy (non-hydrogen) atoms. The Balaban J connectivity index is 1.99. The SMILES string of the molecule is CSc1nc2c(c(Nc3cccc(O)c3)n1)CNCC2. The fraction of sp³-hybridized carbons (Fsp3) is 0.286. The molecule has 0 saturated heterocycles. The predicted molar refractivity (Wildman–Crippen MR) is 80.6 cm³/mol. The third kappa shape index (κ3) is 2.71. The molecule has 0 aliphatic carbocycles. The van der Waals surface area contributed by atoms with Gasteiger partial charge in [0.25, 0.3) is 0 Å². The van der Waals surface area contributed by atoms with Gasteiger partial charge in [0.15, 0.2) is 5.16 Å². The molecule has 0 bridgehead atoms. The highest BCUT2D eigenvalue weighted by atomic mass is 32.2. The first-order valence-corrected chi connectivity index (χ1v) is 7.69. The lowest BCUT2D eigenvalue weighted by atomic mass is 10.1. The van der Waals surface area contributed by atoms with E-state index in [4.69, 9.17) is 0 Å². The van der Waals surface area contributed by atoms with Crippen LogP contribution in [0.15, 0.2) is 29.4 Å². The average molecular weight is 288 g/mol. The lowest BCUT2D eigenvalue weighted by molar-refractivity contribution is 0.475. The summed E-state index contributed by atoms with van der Waals surface area (Å²) in [6.07, 6.45) is 2.89. The Morgan fingerprint density at radius 2 is 2.25 bits per heavy atom. The number of hydrogen-bond donors (Lipinski definition) is 3. The first-order valence-electron chi connectivity index (χ1n) is 6.47. The molecule has 0 spiro atoms. The number of anilines is 2. The Hall–Kier alpha value is -1.79. The van der Waals surface area contributed by atoms with E-state index in [2.05, 4.69) is 20.6 Å². The van der Waals surface area contributed by atoms with Gasteiger partial charge in [-0.3, -0.25) is 0 Å². The second-order valence-electron chi connectivity index (χ2n) is 4.59. The fourth-order valence-electron chi connectivity index (χ4n) is 2.24. The lowest BCUT2D eigenvalue weighted by Gasteiger charge is -2.20. The van der Waals surface area contributed by atoms with Gasteiger partial charge in [-0.1, -0.05) is 17.8 Å². The monoisotopic (exact) mass is 288 g/mol. The van der Waals surface area contributed by atoms with Gasteiger partial charge in [-0.2, -0.15) is 0 Å². The Morgan fingerprint density at radius 3 is 3.05 bits per heavy atom. The number of nitrogens with one attached hydrogen (secondary N) is 2. The summed E-state index contributed by atoms with van der Waals surface area (Å²) < 4.78 is 0. The summed E-state index contributed by atoms with van der Waals surface area (Å²) in [6.45, 7) is 1.72. The first-order chi connectivity index (χ1) is 9.76. The number of aromatic nitrogens is 2. The molecule has 2 heterocycles. The highest BCUT2D eigenvalue weighted by Crippen LogP contribution is 2.27. The Bertz CT molecular complexity index is 633. The second kappa shape index (κ2) is 5.68. The second-order valence-corrected chi connectivity index (χ2v) is 5.36. The smallest absolute Gasteiger partial charge is 0.189 e. The first kappa shape index (κ1) is 13.2. The minimum atomic E-state index is 0.237. The van der Waals surface area contributed by atoms with Crippen LogP contribution in [0.3, 0.4) is 0 Å². The van der Waals surface area contributed by atoms with Gasteiger partial charge < -0.3 is 15.7 Å². The number of phenolic OH excluding ortho intramolecular Hbond substituents is 1. The van der Waals surface area contributed by atoms with Crippen molar-refractivity contribution in [3.05, 3.63) is 35.5 Å². The van der Waals surface area contributed by atoms with Crippen molar-refractivity contribution >= 4 is 23.3 Å². The molecular formula is C14H16N4OS. The average Bonchev–Trinajstić information content (AvgIpc) is 2.47. The maximum atomic E-state index is 9.54. The molecule has 0 fully saturated rings. The molecule has 0 saturated carbocycles. The Morgan fingerprint density at radius 1 is 1.35 bits per heavy atom. The van der Waals surface area contributed by atoms with Crippen LogP contribution in [-0.4, -0.2) is 27.9 Å². The van der Waals surface area contributed by atoms with E-state index in [1.807, 2.05) is 12.3 Å². The Labute approximate surface area is 121 Å². The molecular weight excluding hydrogens is 272 g/mol. The number of nitrogens with zero attached hydrogens (tertiary/aromatic N) is 2. The quantitative estimate of drug-likeness (QED) is 0.595. The van der Waals surface area contributed by atoms with Crippen LogP contribution >= 0.6 is 11.8 Å². The molecule has 1 aromatic carbocycles. The highest BCUT2D eigenvalue weighted by molar-refractivity contribution is 7.98. The third-order valence-electron chi connectivity index (χ3n) is 3.20. The normalized spacial score (nSPS) is 13.8. The maximum absolute atomic E-state index is 9.54. The number of benzene rings is 1. The number of fused-ring (bicyclic) bond motifs is 1. The van der Waals surface area contributed by atoms with Gasteiger partial charge >= 0.3 is 0 Å². The van der Waals surface area contributed by atoms with E-state index in [0.29, 0.717) is 0 Å². The van der Waals surface area contributed by atoms with Crippen LogP contribution in [0.4, 0.5) is 11.5 Å². The van der Waals surface area contributed by atoms with E-state index < -0.39 is 0 Å². The molecule has 0 radical (unpaired) electrons. The van der Waals surface area contributed by atoms with Gasteiger partial charge in [0.2, 0.25) is 0 Å². The fourth-order valence-corrected chi connectivity index (χ4v) is 2.62. The molecule has 2 aromatic rings. The number of thioether (sulfide) groups is 1. The van der Waals surface area contributed by atoms with Crippen molar-refractivity contribution in [1.82, 2.24) is 15.3 Å². The van der Waals surface area contributed by atoms with Crippen LogP contribution in [-0.2, 0) is 13.0 Å². The van der Waals surface area contributed by atoms with Crippen molar-refractivity contribution < 1.29 is 5.11 Å². The van der Waals surface area contributed by atoms with E-state index in [1.165, 1.54) is 11.8 Å². The lowest BCUT2D eigenvalue weighted by Crippen LogP contribution is -2.26. The molecule has 6 heteroatoms.